The van der Waals surface area contributed by atoms with Crippen molar-refractivity contribution in [3.63, 3.8) is 0 Å². The first kappa shape index (κ1) is 14.4. The predicted molar refractivity (Wildman–Crippen MR) is 66.9 cm³/mol. The van der Waals surface area contributed by atoms with Crippen LogP contribution in [-0.2, 0) is 4.79 Å². The third kappa shape index (κ3) is 9.71. The van der Waals surface area contributed by atoms with Crippen molar-refractivity contribution in [1.29, 1.82) is 0 Å². The molecule has 1 nitrogen and oxygen atoms in total. The first-order chi connectivity index (χ1) is 6.85. The summed E-state index contributed by atoms with van der Waals surface area (Å²) in [5.41, 5.74) is 0.332. The molecule has 1 atom stereocenters. The van der Waals surface area contributed by atoms with Crippen LogP contribution in [0.2, 0.25) is 0 Å². The summed E-state index contributed by atoms with van der Waals surface area (Å²) < 4.78 is 0. The lowest BCUT2D eigenvalue weighted by atomic mass is 9.83. The number of hydrogen-bond donors (Lipinski definition) is 0. The van der Waals surface area contributed by atoms with Gasteiger partial charge in [0.1, 0.15) is 5.78 Å². The maximum absolute atomic E-state index is 11.6. The molecular formula is C14H26O. The van der Waals surface area contributed by atoms with Crippen molar-refractivity contribution in [2.24, 2.45) is 11.3 Å². The van der Waals surface area contributed by atoms with E-state index in [1.54, 1.807) is 0 Å². The van der Waals surface area contributed by atoms with E-state index in [0.29, 0.717) is 23.5 Å². The number of allylic oxidation sites excluding steroid dienone is 2. The van der Waals surface area contributed by atoms with Crippen LogP contribution >= 0.6 is 0 Å². The van der Waals surface area contributed by atoms with Crippen LogP contribution in [0.1, 0.15) is 60.3 Å². The molecular weight excluding hydrogens is 184 g/mol. The van der Waals surface area contributed by atoms with E-state index >= 15 is 0 Å². The molecule has 0 fully saturated rings. The quantitative estimate of drug-likeness (QED) is 0.595. The molecule has 0 aliphatic rings. The average molecular weight is 210 g/mol. The lowest BCUT2D eigenvalue weighted by Gasteiger charge is -2.22. The first-order valence-electron chi connectivity index (χ1n) is 6.02. The number of carbonyl (C=O) groups excluding carboxylic acids is 1. The maximum Gasteiger partial charge on any atom is 0.136 e. The second-order valence-corrected chi connectivity index (χ2v) is 5.70. The topological polar surface area (TPSA) is 17.1 Å². The lowest BCUT2D eigenvalue weighted by molar-refractivity contribution is -0.119. The summed E-state index contributed by atoms with van der Waals surface area (Å²) in [6, 6.07) is 0. The molecule has 0 rings (SSSR count). The fourth-order valence-corrected chi connectivity index (χ4v) is 1.97. The minimum atomic E-state index is 0.332. The van der Waals surface area contributed by atoms with E-state index in [0.717, 1.165) is 19.3 Å². The lowest BCUT2D eigenvalue weighted by Crippen LogP contribution is -2.13. The van der Waals surface area contributed by atoms with E-state index in [1.807, 2.05) is 6.08 Å². The van der Waals surface area contributed by atoms with Gasteiger partial charge in [-0.3, -0.25) is 4.79 Å². The van der Waals surface area contributed by atoms with Gasteiger partial charge >= 0.3 is 0 Å². The van der Waals surface area contributed by atoms with Gasteiger partial charge in [0.15, 0.2) is 0 Å². The summed E-state index contributed by atoms with van der Waals surface area (Å²) in [5.74, 6) is 0.879. The van der Waals surface area contributed by atoms with Gasteiger partial charge < -0.3 is 0 Å². The Hall–Kier alpha value is -0.590. The number of carbonyl (C=O) groups is 1. The molecule has 0 aromatic carbocycles. The molecule has 0 saturated carbocycles. The van der Waals surface area contributed by atoms with Crippen molar-refractivity contribution in [2.45, 2.75) is 60.3 Å². The van der Waals surface area contributed by atoms with Crippen LogP contribution in [0.15, 0.2) is 12.2 Å². The number of rotatable bonds is 6. The molecule has 0 aliphatic heterocycles. The Morgan fingerprint density at radius 2 is 1.87 bits per heavy atom. The van der Waals surface area contributed by atoms with Crippen LogP contribution in [0.25, 0.3) is 0 Å². The van der Waals surface area contributed by atoms with Crippen molar-refractivity contribution in [1.82, 2.24) is 0 Å². The second-order valence-electron chi connectivity index (χ2n) is 5.70. The van der Waals surface area contributed by atoms with E-state index in [2.05, 4.69) is 40.7 Å². The van der Waals surface area contributed by atoms with E-state index in [-0.39, 0.29) is 0 Å². The third-order valence-corrected chi connectivity index (χ3v) is 2.28. The molecule has 15 heavy (non-hydrogen) atoms. The van der Waals surface area contributed by atoms with Gasteiger partial charge in [-0.15, -0.1) is 0 Å². The van der Waals surface area contributed by atoms with Crippen molar-refractivity contribution >= 4 is 5.78 Å². The van der Waals surface area contributed by atoms with Gasteiger partial charge in [0.2, 0.25) is 0 Å². The molecule has 1 heteroatoms. The summed E-state index contributed by atoms with van der Waals surface area (Å²) >= 11 is 0. The smallest absolute Gasteiger partial charge is 0.136 e. The largest absolute Gasteiger partial charge is 0.299 e. The Labute approximate surface area is 95.0 Å². The fourth-order valence-electron chi connectivity index (χ4n) is 1.97. The predicted octanol–water partition coefficient (Wildman–Crippen LogP) is 4.37. The molecule has 0 bridgehead atoms. The Bertz CT molecular complexity index is 208. The Kier molecular flexibility index (Phi) is 6.55. The molecule has 0 aliphatic carbocycles. The van der Waals surface area contributed by atoms with Crippen LogP contribution in [0, 0.1) is 11.3 Å². The normalized spacial score (nSPS) is 14.5. The Morgan fingerprint density at radius 1 is 1.27 bits per heavy atom. The zero-order valence-corrected chi connectivity index (χ0v) is 11.0. The van der Waals surface area contributed by atoms with Gasteiger partial charge in [-0.2, -0.15) is 0 Å². The van der Waals surface area contributed by atoms with Gasteiger partial charge in [0.25, 0.3) is 0 Å². The minimum absolute atomic E-state index is 0.332. The molecule has 88 valence electrons. The third-order valence-electron chi connectivity index (χ3n) is 2.28. The molecule has 0 saturated heterocycles. The summed E-state index contributed by atoms with van der Waals surface area (Å²) in [6.07, 6.45) is 7.53. The number of Topliss-reactive ketones (excluding diaryl/α,β-unsaturated/α-hetero) is 1. The molecule has 0 amide bonds. The van der Waals surface area contributed by atoms with Gasteiger partial charge in [-0.1, -0.05) is 46.8 Å². The second kappa shape index (κ2) is 6.81. The monoisotopic (exact) mass is 210 g/mol. The van der Waals surface area contributed by atoms with Gasteiger partial charge in [-0.25, -0.2) is 0 Å². The highest BCUT2D eigenvalue weighted by molar-refractivity contribution is 5.80. The molecule has 0 radical (unpaired) electrons. The van der Waals surface area contributed by atoms with Crippen LogP contribution in [0.5, 0.6) is 0 Å². The molecule has 0 aromatic rings. The highest BCUT2D eigenvalue weighted by atomic mass is 16.1. The van der Waals surface area contributed by atoms with Gasteiger partial charge in [0, 0.05) is 12.8 Å². The summed E-state index contributed by atoms with van der Waals surface area (Å²) in [7, 11) is 0. The van der Waals surface area contributed by atoms with E-state index in [4.69, 9.17) is 0 Å². The highest BCUT2D eigenvalue weighted by Crippen LogP contribution is 2.26. The molecule has 0 heterocycles. The number of hydrogen-bond acceptors (Lipinski definition) is 1. The fraction of sp³-hybridized carbons (Fsp3) is 0.786. The summed E-state index contributed by atoms with van der Waals surface area (Å²) in [4.78, 5) is 11.6. The minimum Gasteiger partial charge on any atom is -0.299 e. The van der Waals surface area contributed by atoms with E-state index in [1.165, 1.54) is 0 Å². The maximum atomic E-state index is 11.6. The van der Waals surface area contributed by atoms with Crippen molar-refractivity contribution < 1.29 is 4.79 Å². The number of ketones is 1. The Balaban J connectivity index is 3.81. The molecule has 1 unspecified atom stereocenters. The van der Waals surface area contributed by atoms with Crippen LogP contribution in [0.3, 0.4) is 0 Å². The summed E-state index contributed by atoms with van der Waals surface area (Å²) in [5, 5.41) is 0. The van der Waals surface area contributed by atoms with Crippen LogP contribution in [0.4, 0.5) is 0 Å². The molecule has 0 N–H and O–H groups in total. The SMILES string of the molecule is CCC=CCC(=O)CC(C)CC(C)(C)C. The average Bonchev–Trinajstić information content (AvgIpc) is 2.00. The van der Waals surface area contributed by atoms with Gasteiger partial charge in [-0.05, 0) is 24.2 Å². The van der Waals surface area contributed by atoms with Crippen LogP contribution in [-0.4, -0.2) is 5.78 Å². The highest BCUT2D eigenvalue weighted by Gasteiger charge is 2.16. The van der Waals surface area contributed by atoms with Crippen LogP contribution < -0.4 is 0 Å². The van der Waals surface area contributed by atoms with Crippen molar-refractivity contribution in [2.75, 3.05) is 0 Å². The van der Waals surface area contributed by atoms with E-state index in [9.17, 15) is 4.79 Å². The molecule has 0 aromatic heterocycles. The first-order valence-corrected chi connectivity index (χ1v) is 6.02. The van der Waals surface area contributed by atoms with E-state index < -0.39 is 0 Å². The van der Waals surface area contributed by atoms with Crippen molar-refractivity contribution in [3.05, 3.63) is 12.2 Å². The van der Waals surface area contributed by atoms with Crippen molar-refractivity contribution in [3.8, 4) is 0 Å². The Morgan fingerprint density at radius 3 is 2.33 bits per heavy atom. The van der Waals surface area contributed by atoms with Gasteiger partial charge in [0.05, 0.1) is 0 Å². The standard InChI is InChI=1S/C14H26O/c1-6-7-8-9-13(15)10-12(2)11-14(3,4)5/h7-8,12H,6,9-11H2,1-5H3. The molecule has 0 spiro atoms. The zero-order valence-electron chi connectivity index (χ0n) is 11.0. The summed E-state index contributed by atoms with van der Waals surface area (Å²) in [6.45, 7) is 10.9. The zero-order chi connectivity index (χ0) is 11.9.